The van der Waals surface area contributed by atoms with Crippen molar-refractivity contribution in [2.75, 3.05) is 0 Å². The molecule has 0 aromatic carbocycles. The van der Waals surface area contributed by atoms with Crippen molar-refractivity contribution in [1.82, 2.24) is 5.32 Å². The van der Waals surface area contributed by atoms with Gasteiger partial charge in [0.05, 0.1) is 12.2 Å². The van der Waals surface area contributed by atoms with E-state index in [9.17, 15) is 19.8 Å². The third-order valence-electron chi connectivity index (χ3n) is 6.91. The maximum Gasteiger partial charge on any atom is 0.331 e. The highest BCUT2D eigenvalue weighted by atomic mass is 16.6. The van der Waals surface area contributed by atoms with Crippen LogP contribution in [0.5, 0.6) is 0 Å². The molecular formula is C24H35NO5. The minimum Gasteiger partial charge on any atom is -0.444 e. The summed E-state index contributed by atoms with van der Waals surface area (Å²) in [4.78, 5) is 26.2. The number of hydrogen-bond acceptors (Lipinski definition) is 5. The highest BCUT2D eigenvalue weighted by Gasteiger charge is 2.64. The molecule has 0 aromatic rings. The first-order valence-electron chi connectivity index (χ1n) is 11.0. The third kappa shape index (κ3) is 4.12. The molecule has 1 spiro atoms. The van der Waals surface area contributed by atoms with Crippen LogP contribution in [0.3, 0.4) is 0 Å². The van der Waals surface area contributed by atoms with Gasteiger partial charge in [-0.3, -0.25) is 4.79 Å². The zero-order valence-electron chi connectivity index (χ0n) is 18.6. The molecule has 7 atom stereocenters. The first kappa shape index (κ1) is 22.8. The Kier molecular flexibility index (Phi) is 6.58. The predicted molar refractivity (Wildman–Crippen MR) is 114 cm³/mol. The number of rotatable bonds is 2. The number of hydrogen-bond donors (Lipinski definition) is 3. The second-order valence-electron chi connectivity index (χ2n) is 9.64. The average molecular weight is 418 g/mol. The number of ether oxygens (including phenoxy) is 1. The number of amides is 1. The second-order valence-corrected chi connectivity index (χ2v) is 9.64. The maximum atomic E-state index is 13.4. The van der Waals surface area contributed by atoms with Gasteiger partial charge in [-0.1, -0.05) is 44.1 Å². The van der Waals surface area contributed by atoms with E-state index in [2.05, 4.69) is 39.1 Å². The summed E-state index contributed by atoms with van der Waals surface area (Å²) in [6.07, 6.45) is 6.06. The minimum absolute atomic E-state index is 0.0785. The lowest BCUT2D eigenvalue weighted by molar-refractivity contribution is -0.172. The lowest BCUT2D eigenvalue weighted by atomic mass is 9.63. The lowest BCUT2D eigenvalue weighted by Gasteiger charge is -2.45. The number of nitrogens with one attached hydrogen (secondary N) is 1. The molecule has 1 fully saturated rings. The van der Waals surface area contributed by atoms with E-state index in [0.717, 1.165) is 18.1 Å². The number of aliphatic hydroxyl groups excluding tert-OH is 2. The van der Waals surface area contributed by atoms with Crippen LogP contribution in [0.15, 0.2) is 35.5 Å². The minimum atomic E-state index is -1.32. The van der Waals surface area contributed by atoms with Gasteiger partial charge >= 0.3 is 5.97 Å². The Morgan fingerprint density at radius 3 is 2.60 bits per heavy atom. The number of esters is 1. The van der Waals surface area contributed by atoms with E-state index in [1.807, 2.05) is 13.0 Å². The summed E-state index contributed by atoms with van der Waals surface area (Å²) in [5.74, 6) is -1.02. The van der Waals surface area contributed by atoms with Crippen LogP contribution in [0.4, 0.5) is 0 Å². The monoisotopic (exact) mass is 417 g/mol. The Labute approximate surface area is 179 Å². The summed E-state index contributed by atoms with van der Waals surface area (Å²) < 4.78 is 5.99. The van der Waals surface area contributed by atoms with E-state index in [1.165, 1.54) is 11.6 Å². The molecule has 0 bridgehead atoms. The molecule has 6 heteroatoms. The molecule has 0 unspecified atom stereocenters. The van der Waals surface area contributed by atoms with Crippen molar-refractivity contribution in [3.63, 3.8) is 0 Å². The van der Waals surface area contributed by atoms with Gasteiger partial charge in [0.15, 0.2) is 0 Å². The van der Waals surface area contributed by atoms with Crippen molar-refractivity contribution < 1.29 is 24.5 Å². The van der Waals surface area contributed by atoms with Crippen molar-refractivity contribution in [2.45, 2.75) is 77.7 Å². The first-order valence-corrected chi connectivity index (χ1v) is 11.0. The van der Waals surface area contributed by atoms with Crippen molar-refractivity contribution in [3.8, 4) is 0 Å². The summed E-state index contributed by atoms with van der Waals surface area (Å²) in [6, 6.07) is -0.0792. The largest absolute Gasteiger partial charge is 0.444 e. The summed E-state index contributed by atoms with van der Waals surface area (Å²) in [7, 11) is 0. The zero-order chi connectivity index (χ0) is 22.2. The number of aliphatic hydroxyl groups is 2. The fourth-order valence-electron chi connectivity index (χ4n) is 5.27. The molecule has 30 heavy (non-hydrogen) atoms. The van der Waals surface area contributed by atoms with Crippen molar-refractivity contribution in [1.29, 1.82) is 0 Å². The fraction of sp³-hybridized carbons (Fsp3) is 0.667. The SMILES string of the molecule is CC1=C[C@H]2/C=C(\C)CC[C@H](O)[C@H](O)/C=C/C(=O)O[C@]23C(=O)N[C@H](CC(C)C)[C@@H]3[C@@H]1C. The van der Waals surface area contributed by atoms with Crippen LogP contribution in [0.1, 0.15) is 53.9 Å². The topological polar surface area (TPSA) is 95.9 Å². The van der Waals surface area contributed by atoms with E-state index >= 15 is 0 Å². The molecule has 2 aliphatic heterocycles. The Balaban J connectivity index is 2.13. The van der Waals surface area contributed by atoms with Gasteiger partial charge in [-0.2, -0.15) is 0 Å². The van der Waals surface area contributed by atoms with Crippen LogP contribution in [0.2, 0.25) is 0 Å². The standard InChI is InChI=1S/C24H35NO5/c1-13(2)10-18-22-16(5)15(4)12-17-11-14(3)6-7-19(26)20(27)8-9-21(28)30-24(17,22)23(29)25-18/h8-9,11-13,16-20,22,26-27H,6-7,10H2,1-5H3,(H,25,29)/b9-8+,14-11+/t16-,17-,18-,19+,20-,22+,24-/m1/s1. The lowest BCUT2D eigenvalue weighted by Crippen LogP contribution is -2.56. The number of carbonyl (C=O) groups excluding carboxylic acids is 2. The van der Waals surface area contributed by atoms with Gasteiger partial charge in [0.1, 0.15) is 0 Å². The van der Waals surface area contributed by atoms with Gasteiger partial charge < -0.3 is 20.3 Å². The Morgan fingerprint density at radius 1 is 1.23 bits per heavy atom. The molecule has 1 saturated heterocycles. The molecule has 1 aliphatic carbocycles. The first-order chi connectivity index (χ1) is 14.1. The molecule has 3 N–H and O–H groups in total. The predicted octanol–water partition coefficient (Wildman–Crippen LogP) is 2.66. The van der Waals surface area contributed by atoms with Crippen LogP contribution in [-0.4, -0.2) is 45.9 Å². The van der Waals surface area contributed by atoms with Crippen LogP contribution in [-0.2, 0) is 14.3 Å². The van der Waals surface area contributed by atoms with Gasteiger partial charge in [-0.15, -0.1) is 0 Å². The van der Waals surface area contributed by atoms with Crippen molar-refractivity contribution >= 4 is 11.9 Å². The van der Waals surface area contributed by atoms with Crippen LogP contribution in [0, 0.1) is 23.7 Å². The summed E-state index contributed by atoms with van der Waals surface area (Å²) in [5, 5.41) is 23.4. The van der Waals surface area contributed by atoms with Gasteiger partial charge in [0.2, 0.25) is 5.60 Å². The second kappa shape index (κ2) is 8.67. The smallest absolute Gasteiger partial charge is 0.331 e. The summed E-state index contributed by atoms with van der Waals surface area (Å²) in [6.45, 7) is 10.4. The molecule has 1 amide bonds. The van der Waals surface area contributed by atoms with Gasteiger partial charge in [0, 0.05) is 24.0 Å². The quantitative estimate of drug-likeness (QED) is 0.474. The van der Waals surface area contributed by atoms with Crippen LogP contribution >= 0.6 is 0 Å². The highest BCUT2D eigenvalue weighted by molar-refractivity contribution is 5.94. The van der Waals surface area contributed by atoms with E-state index in [4.69, 9.17) is 4.74 Å². The molecular weight excluding hydrogens is 382 g/mol. The Morgan fingerprint density at radius 2 is 1.93 bits per heavy atom. The van der Waals surface area contributed by atoms with Crippen LogP contribution < -0.4 is 5.32 Å². The highest BCUT2D eigenvalue weighted by Crippen LogP contribution is 2.50. The van der Waals surface area contributed by atoms with Gasteiger partial charge in [-0.25, -0.2) is 4.79 Å². The van der Waals surface area contributed by atoms with E-state index in [-0.39, 0.29) is 29.7 Å². The number of allylic oxidation sites excluding steroid dienone is 2. The molecule has 0 aromatic heterocycles. The normalized spacial score (nSPS) is 42.5. The Bertz CT molecular complexity index is 782. The molecule has 3 rings (SSSR count). The molecule has 3 aliphatic rings. The van der Waals surface area contributed by atoms with Crippen molar-refractivity contribution in [3.05, 3.63) is 35.5 Å². The van der Waals surface area contributed by atoms with Crippen molar-refractivity contribution in [2.24, 2.45) is 23.7 Å². The fourth-order valence-corrected chi connectivity index (χ4v) is 5.27. The maximum absolute atomic E-state index is 13.4. The van der Waals surface area contributed by atoms with E-state index in [1.54, 1.807) is 0 Å². The average Bonchev–Trinajstić information content (AvgIpc) is 2.93. The van der Waals surface area contributed by atoms with E-state index in [0.29, 0.717) is 18.8 Å². The molecule has 6 nitrogen and oxygen atoms in total. The molecule has 0 saturated carbocycles. The van der Waals surface area contributed by atoms with Gasteiger partial charge in [-0.05, 0) is 51.0 Å². The molecule has 0 radical (unpaired) electrons. The Hall–Kier alpha value is -1.92. The van der Waals surface area contributed by atoms with Crippen LogP contribution in [0.25, 0.3) is 0 Å². The van der Waals surface area contributed by atoms with Gasteiger partial charge in [0.25, 0.3) is 5.91 Å². The third-order valence-corrected chi connectivity index (χ3v) is 6.91. The number of carbonyl (C=O) groups is 2. The molecule has 2 heterocycles. The summed E-state index contributed by atoms with van der Waals surface area (Å²) in [5.41, 5.74) is 0.858. The van der Waals surface area contributed by atoms with E-state index < -0.39 is 23.8 Å². The summed E-state index contributed by atoms with van der Waals surface area (Å²) >= 11 is 0. The zero-order valence-corrected chi connectivity index (χ0v) is 18.6. The molecule has 166 valence electrons.